The van der Waals surface area contributed by atoms with Crippen LogP contribution >= 0.6 is 0 Å². The van der Waals surface area contributed by atoms with Crippen LogP contribution in [0.25, 0.3) is 0 Å². The Morgan fingerprint density at radius 3 is 2.54 bits per heavy atom. The van der Waals surface area contributed by atoms with Gasteiger partial charge in [0.1, 0.15) is 0 Å². The smallest absolute Gasteiger partial charge is 0.0472 e. The SMILES string of the molecule is CC(C)c1cnc2c(c1)C(C)C2C. The minimum atomic E-state index is 0.598. The fraction of sp³-hybridized carbons (Fsp3) is 0.583. The van der Waals surface area contributed by atoms with E-state index in [0.717, 1.165) is 0 Å². The highest BCUT2D eigenvalue weighted by Crippen LogP contribution is 2.45. The molecule has 1 aliphatic carbocycles. The Morgan fingerprint density at radius 2 is 1.92 bits per heavy atom. The number of rotatable bonds is 1. The van der Waals surface area contributed by atoms with Crippen LogP contribution in [0.15, 0.2) is 12.3 Å². The van der Waals surface area contributed by atoms with Crippen molar-refractivity contribution in [2.75, 3.05) is 0 Å². The van der Waals surface area contributed by atoms with Crippen molar-refractivity contribution in [2.45, 2.75) is 45.4 Å². The highest BCUT2D eigenvalue weighted by atomic mass is 14.7. The first-order valence-electron chi connectivity index (χ1n) is 5.11. The summed E-state index contributed by atoms with van der Waals surface area (Å²) in [7, 11) is 0. The lowest BCUT2D eigenvalue weighted by Gasteiger charge is -2.34. The Balaban J connectivity index is 2.40. The maximum absolute atomic E-state index is 4.52. The molecule has 70 valence electrons. The molecule has 1 heteroatoms. The van der Waals surface area contributed by atoms with Crippen LogP contribution in [-0.2, 0) is 0 Å². The lowest BCUT2D eigenvalue weighted by Crippen LogP contribution is -2.21. The van der Waals surface area contributed by atoms with E-state index in [1.54, 1.807) is 0 Å². The fourth-order valence-corrected chi connectivity index (χ4v) is 1.98. The molecule has 2 unspecified atom stereocenters. The summed E-state index contributed by atoms with van der Waals surface area (Å²) < 4.78 is 0. The molecule has 1 nitrogen and oxygen atoms in total. The summed E-state index contributed by atoms with van der Waals surface area (Å²) in [5.74, 6) is 1.97. The van der Waals surface area contributed by atoms with Gasteiger partial charge in [-0.05, 0) is 23.0 Å². The molecule has 0 spiro atoms. The molecule has 1 heterocycles. The highest BCUT2D eigenvalue weighted by molar-refractivity contribution is 5.41. The molecule has 0 radical (unpaired) electrons. The molecular weight excluding hydrogens is 158 g/mol. The van der Waals surface area contributed by atoms with Crippen molar-refractivity contribution in [3.05, 3.63) is 29.1 Å². The minimum absolute atomic E-state index is 0.598. The van der Waals surface area contributed by atoms with Gasteiger partial charge in [0.15, 0.2) is 0 Å². The second-order valence-corrected chi connectivity index (χ2v) is 4.48. The van der Waals surface area contributed by atoms with E-state index in [1.807, 2.05) is 6.20 Å². The summed E-state index contributed by atoms with van der Waals surface area (Å²) in [5.41, 5.74) is 4.16. The number of aromatic nitrogens is 1. The van der Waals surface area contributed by atoms with Crippen molar-refractivity contribution in [3.8, 4) is 0 Å². The number of hydrogen-bond acceptors (Lipinski definition) is 1. The maximum atomic E-state index is 4.52. The third kappa shape index (κ3) is 1.18. The molecule has 0 amide bonds. The van der Waals surface area contributed by atoms with Gasteiger partial charge in [-0.15, -0.1) is 0 Å². The molecule has 0 saturated heterocycles. The van der Waals surface area contributed by atoms with Crippen molar-refractivity contribution in [3.63, 3.8) is 0 Å². The van der Waals surface area contributed by atoms with Gasteiger partial charge in [-0.2, -0.15) is 0 Å². The number of hydrogen-bond donors (Lipinski definition) is 0. The molecule has 1 aromatic rings. The summed E-state index contributed by atoms with van der Waals surface area (Å²) in [6.45, 7) is 8.99. The first-order valence-corrected chi connectivity index (χ1v) is 5.11. The summed E-state index contributed by atoms with van der Waals surface area (Å²) in [6, 6.07) is 2.33. The van der Waals surface area contributed by atoms with E-state index in [2.05, 4.69) is 38.7 Å². The highest BCUT2D eigenvalue weighted by Gasteiger charge is 2.32. The number of nitrogens with zero attached hydrogens (tertiary/aromatic N) is 1. The van der Waals surface area contributed by atoms with E-state index in [4.69, 9.17) is 0 Å². The van der Waals surface area contributed by atoms with E-state index < -0.39 is 0 Å². The predicted molar refractivity (Wildman–Crippen MR) is 55.2 cm³/mol. The predicted octanol–water partition coefficient (Wildman–Crippen LogP) is 3.43. The van der Waals surface area contributed by atoms with Crippen LogP contribution < -0.4 is 0 Å². The van der Waals surface area contributed by atoms with Crippen LogP contribution in [0.4, 0.5) is 0 Å². The second-order valence-electron chi connectivity index (χ2n) is 4.48. The number of pyridine rings is 1. The van der Waals surface area contributed by atoms with Crippen LogP contribution in [-0.4, -0.2) is 4.98 Å². The lowest BCUT2D eigenvalue weighted by molar-refractivity contribution is 0.518. The average molecular weight is 175 g/mol. The molecular formula is C12H17N. The van der Waals surface area contributed by atoms with Gasteiger partial charge in [0.05, 0.1) is 0 Å². The van der Waals surface area contributed by atoms with Crippen molar-refractivity contribution >= 4 is 0 Å². The standard InChI is InChI=1S/C12H17N/c1-7(2)10-5-11-8(3)9(4)12(11)13-6-10/h5-9H,1-4H3. The summed E-state index contributed by atoms with van der Waals surface area (Å²) in [5, 5.41) is 0. The first kappa shape index (κ1) is 8.74. The normalized spacial score (nSPS) is 25.6. The van der Waals surface area contributed by atoms with Crippen LogP contribution in [0, 0.1) is 0 Å². The topological polar surface area (TPSA) is 12.9 Å². The molecule has 0 aliphatic heterocycles. The lowest BCUT2D eigenvalue weighted by atomic mass is 9.72. The van der Waals surface area contributed by atoms with Gasteiger partial charge in [0.25, 0.3) is 0 Å². The van der Waals surface area contributed by atoms with E-state index in [-0.39, 0.29) is 0 Å². The quantitative estimate of drug-likeness (QED) is 0.637. The Hall–Kier alpha value is -0.850. The molecule has 0 fully saturated rings. The monoisotopic (exact) mass is 175 g/mol. The Labute approximate surface area is 80.2 Å². The fourth-order valence-electron chi connectivity index (χ4n) is 1.98. The van der Waals surface area contributed by atoms with Gasteiger partial charge in [0, 0.05) is 17.8 Å². The van der Waals surface area contributed by atoms with Crippen LogP contribution in [0.5, 0.6) is 0 Å². The largest absolute Gasteiger partial charge is 0.260 e. The van der Waals surface area contributed by atoms with Gasteiger partial charge in [-0.3, -0.25) is 4.98 Å². The zero-order valence-electron chi connectivity index (χ0n) is 8.83. The zero-order chi connectivity index (χ0) is 9.59. The summed E-state index contributed by atoms with van der Waals surface area (Å²) in [4.78, 5) is 4.52. The third-order valence-electron chi connectivity index (χ3n) is 3.31. The van der Waals surface area contributed by atoms with Crippen LogP contribution in [0.2, 0.25) is 0 Å². The molecule has 2 rings (SSSR count). The van der Waals surface area contributed by atoms with Gasteiger partial charge in [-0.25, -0.2) is 0 Å². The van der Waals surface area contributed by atoms with Crippen molar-refractivity contribution in [1.29, 1.82) is 0 Å². The summed E-state index contributed by atoms with van der Waals surface area (Å²) in [6.07, 6.45) is 2.03. The van der Waals surface area contributed by atoms with Gasteiger partial charge >= 0.3 is 0 Å². The van der Waals surface area contributed by atoms with E-state index in [0.29, 0.717) is 17.8 Å². The van der Waals surface area contributed by atoms with Crippen molar-refractivity contribution in [2.24, 2.45) is 0 Å². The zero-order valence-corrected chi connectivity index (χ0v) is 8.83. The molecule has 2 atom stereocenters. The molecule has 13 heavy (non-hydrogen) atoms. The second kappa shape index (κ2) is 2.83. The molecule has 0 N–H and O–H groups in total. The van der Waals surface area contributed by atoms with Crippen LogP contribution in [0.3, 0.4) is 0 Å². The first-order chi connectivity index (χ1) is 6.11. The van der Waals surface area contributed by atoms with Gasteiger partial charge in [0.2, 0.25) is 0 Å². The van der Waals surface area contributed by atoms with E-state index >= 15 is 0 Å². The van der Waals surface area contributed by atoms with Gasteiger partial charge in [-0.1, -0.05) is 33.8 Å². The minimum Gasteiger partial charge on any atom is -0.260 e. The van der Waals surface area contributed by atoms with Crippen LogP contribution in [0.1, 0.15) is 62.3 Å². The Bertz CT molecular complexity index is 328. The molecule has 0 aromatic carbocycles. The Morgan fingerprint density at radius 1 is 1.23 bits per heavy atom. The Kier molecular flexibility index (Phi) is 1.90. The van der Waals surface area contributed by atoms with Crippen molar-refractivity contribution < 1.29 is 0 Å². The molecule has 1 aromatic heterocycles. The number of fused-ring (bicyclic) bond motifs is 1. The summed E-state index contributed by atoms with van der Waals surface area (Å²) >= 11 is 0. The molecule has 0 bridgehead atoms. The van der Waals surface area contributed by atoms with Gasteiger partial charge < -0.3 is 0 Å². The van der Waals surface area contributed by atoms with E-state index in [1.165, 1.54) is 16.8 Å². The molecule has 0 saturated carbocycles. The maximum Gasteiger partial charge on any atom is 0.0472 e. The average Bonchev–Trinajstić information content (AvgIpc) is 2.15. The van der Waals surface area contributed by atoms with E-state index in [9.17, 15) is 0 Å². The molecule has 1 aliphatic rings. The van der Waals surface area contributed by atoms with Crippen molar-refractivity contribution in [1.82, 2.24) is 4.98 Å². The third-order valence-corrected chi connectivity index (χ3v) is 3.31.